The van der Waals surface area contributed by atoms with Gasteiger partial charge in [0.15, 0.2) is 5.82 Å². The van der Waals surface area contributed by atoms with Gasteiger partial charge in [-0.05, 0) is 19.3 Å². The summed E-state index contributed by atoms with van der Waals surface area (Å²) in [7, 11) is 0. The lowest BCUT2D eigenvalue weighted by molar-refractivity contribution is 0.658. The van der Waals surface area contributed by atoms with E-state index in [9.17, 15) is 0 Å². The van der Waals surface area contributed by atoms with E-state index in [-0.39, 0.29) is 0 Å². The minimum absolute atomic E-state index is 0.618. The third kappa shape index (κ3) is 1.50. The molecule has 2 aliphatic heterocycles. The predicted molar refractivity (Wildman–Crippen MR) is 56.7 cm³/mol. The van der Waals surface area contributed by atoms with E-state index in [0.29, 0.717) is 5.92 Å². The molecular weight excluding hydrogens is 188 g/mol. The average molecular weight is 202 g/mol. The molecule has 0 radical (unpaired) electrons. The van der Waals surface area contributed by atoms with Gasteiger partial charge in [0.05, 0.1) is 12.5 Å². The summed E-state index contributed by atoms with van der Waals surface area (Å²) >= 11 is 0. The van der Waals surface area contributed by atoms with Gasteiger partial charge in [-0.15, -0.1) is 0 Å². The first-order chi connectivity index (χ1) is 7.38. The van der Waals surface area contributed by atoms with Crippen LogP contribution in [0.15, 0.2) is 12.5 Å². The van der Waals surface area contributed by atoms with Crippen LogP contribution >= 0.6 is 0 Å². The average Bonchev–Trinajstić information content (AvgIpc) is 2.99. The van der Waals surface area contributed by atoms with Crippen molar-refractivity contribution >= 4 is 0 Å². The van der Waals surface area contributed by atoms with Crippen LogP contribution in [0.2, 0.25) is 0 Å². The zero-order valence-electron chi connectivity index (χ0n) is 8.85. The van der Waals surface area contributed by atoms with Gasteiger partial charge in [0.1, 0.15) is 11.5 Å². The summed E-state index contributed by atoms with van der Waals surface area (Å²) in [6.45, 7) is 3.12. The second kappa shape index (κ2) is 3.29. The fourth-order valence-electron chi connectivity index (χ4n) is 1.83. The first kappa shape index (κ1) is 8.83. The smallest absolute Gasteiger partial charge is 0.163 e. The number of aryl methyl sites for hydroxylation is 1. The molecule has 0 spiro atoms. The third-order valence-electron chi connectivity index (χ3n) is 2.77. The van der Waals surface area contributed by atoms with Gasteiger partial charge < -0.3 is 4.57 Å². The molecule has 0 amide bonds. The van der Waals surface area contributed by atoms with Crippen molar-refractivity contribution < 1.29 is 0 Å². The highest BCUT2D eigenvalue weighted by atomic mass is 15.1. The van der Waals surface area contributed by atoms with Crippen molar-refractivity contribution in [1.82, 2.24) is 19.5 Å². The quantitative estimate of drug-likeness (QED) is 0.765. The first-order valence-electron chi connectivity index (χ1n) is 5.56. The number of rotatable bonds is 3. The van der Waals surface area contributed by atoms with Crippen LogP contribution in [0.4, 0.5) is 0 Å². The summed E-state index contributed by atoms with van der Waals surface area (Å²) in [4.78, 5) is 13.3. The Kier molecular flexibility index (Phi) is 1.94. The van der Waals surface area contributed by atoms with Gasteiger partial charge in [0.25, 0.3) is 0 Å². The molecule has 0 atom stereocenters. The zero-order valence-corrected chi connectivity index (χ0v) is 8.85. The van der Waals surface area contributed by atoms with Gasteiger partial charge in [0.2, 0.25) is 0 Å². The Hall–Kier alpha value is -1.45. The lowest BCUT2D eigenvalue weighted by Crippen LogP contribution is -2.04. The molecule has 4 heteroatoms. The van der Waals surface area contributed by atoms with E-state index in [0.717, 1.165) is 30.3 Å². The van der Waals surface area contributed by atoms with Gasteiger partial charge in [0, 0.05) is 12.5 Å². The van der Waals surface area contributed by atoms with Crippen LogP contribution in [-0.4, -0.2) is 19.5 Å². The molecule has 0 aromatic heterocycles. The van der Waals surface area contributed by atoms with Crippen molar-refractivity contribution in [3.8, 4) is 11.5 Å². The molecular formula is C11H14N4. The summed E-state index contributed by atoms with van der Waals surface area (Å²) in [5.41, 5.74) is 0.938. The Balaban J connectivity index is 2.06. The fourth-order valence-corrected chi connectivity index (χ4v) is 1.83. The number of hydrogen-bond donors (Lipinski definition) is 0. The van der Waals surface area contributed by atoms with E-state index in [1.54, 1.807) is 6.20 Å². The van der Waals surface area contributed by atoms with Crippen LogP contribution < -0.4 is 0 Å². The SMILES string of the molecule is CCCn1cncc2nc(C3CC3)nc1-2. The Morgan fingerprint density at radius 3 is 3.00 bits per heavy atom. The molecule has 1 saturated carbocycles. The maximum absolute atomic E-state index is 4.61. The highest BCUT2D eigenvalue weighted by molar-refractivity contribution is 5.50. The molecule has 1 aliphatic carbocycles. The van der Waals surface area contributed by atoms with E-state index in [1.165, 1.54) is 12.8 Å². The van der Waals surface area contributed by atoms with Crippen molar-refractivity contribution in [2.45, 2.75) is 38.6 Å². The molecule has 4 nitrogen and oxygen atoms in total. The largest absolute Gasteiger partial charge is 0.315 e. The second-order valence-electron chi connectivity index (χ2n) is 4.15. The molecule has 0 aromatic carbocycles. The minimum Gasteiger partial charge on any atom is -0.315 e. The molecule has 3 aliphatic rings. The molecule has 2 heterocycles. The minimum atomic E-state index is 0.618. The number of hydrogen-bond acceptors (Lipinski definition) is 3. The van der Waals surface area contributed by atoms with E-state index in [1.807, 2.05) is 6.33 Å². The van der Waals surface area contributed by atoms with Crippen molar-refractivity contribution in [3.05, 3.63) is 18.3 Å². The monoisotopic (exact) mass is 202 g/mol. The number of nitrogens with zero attached hydrogens (tertiary/aromatic N) is 4. The lowest BCUT2D eigenvalue weighted by atomic mass is 10.4. The maximum atomic E-state index is 4.61. The summed E-state index contributed by atoms with van der Waals surface area (Å²) < 4.78 is 2.09. The van der Waals surface area contributed by atoms with Crippen LogP contribution in [0.25, 0.3) is 11.5 Å². The number of imidazole rings is 1. The molecule has 0 unspecified atom stereocenters. The van der Waals surface area contributed by atoms with Crippen LogP contribution in [0.3, 0.4) is 0 Å². The molecule has 78 valence electrons. The van der Waals surface area contributed by atoms with E-state index >= 15 is 0 Å². The molecule has 0 bridgehead atoms. The predicted octanol–water partition coefficient (Wildman–Crippen LogP) is 2.07. The van der Waals surface area contributed by atoms with Crippen LogP contribution in [-0.2, 0) is 6.54 Å². The summed E-state index contributed by atoms with van der Waals surface area (Å²) in [6.07, 6.45) is 7.24. The fraction of sp³-hybridized carbons (Fsp3) is 0.545. The molecule has 3 rings (SSSR count). The molecule has 0 aromatic rings. The third-order valence-corrected chi connectivity index (χ3v) is 2.77. The first-order valence-corrected chi connectivity index (χ1v) is 5.56. The highest BCUT2D eigenvalue weighted by Gasteiger charge is 2.29. The van der Waals surface area contributed by atoms with Crippen LogP contribution in [0.5, 0.6) is 0 Å². The molecule has 0 saturated heterocycles. The van der Waals surface area contributed by atoms with Crippen molar-refractivity contribution in [2.24, 2.45) is 0 Å². The number of fused-ring (bicyclic) bond motifs is 1. The van der Waals surface area contributed by atoms with Crippen LogP contribution in [0.1, 0.15) is 37.9 Å². The van der Waals surface area contributed by atoms with Crippen molar-refractivity contribution in [1.29, 1.82) is 0 Å². The Bertz CT molecular complexity index is 444. The Morgan fingerprint density at radius 1 is 1.40 bits per heavy atom. The Morgan fingerprint density at radius 2 is 2.27 bits per heavy atom. The van der Waals surface area contributed by atoms with E-state index in [4.69, 9.17) is 0 Å². The van der Waals surface area contributed by atoms with Crippen molar-refractivity contribution in [3.63, 3.8) is 0 Å². The van der Waals surface area contributed by atoms with Crippen molar-refractivity contribution in [2.75, 3.05) is 0 Å². The standard InChI is InChI=1S/C11H14N4/c1-2-5-15-7-12-6-9-11(15)14-10(13-9)8-3-4-8/h6-8H,2-5H2,1H3. The second-order valence-corrected chi connectivity index (χ2v) is 4.15. The maximum Gasteiger partial charge on any atom is 0.163 e. The van der Waals surface area contributed by atoms with Gasteiger partial charge >= 0.3 is 0 Å². The van der Waals surface area contributed by atoms with Gasteiger partial charge in [-0.1, -0.05) is 6.92 Å². The van der Waals surface area contributed by atoms with E-state index in [2.05, 4.69) is 26.4 Å². The highest BCUT2D eigenvalue weighted by Crippen LogP contribution is 2.39. The van der Waals surface area contributed by atoms with Gasteiger partial charge in [-0.25, -0.2) is 15.0 Å². The summed E-state index contributed by atoms with van der Waals surface area (Å²) in [5.74, 6) is 2.63. The topological polar surface area (TPSA) is 43.6 Å². The Labute approximate surface area is 88.7 Å². The summed E-state index contributed by atoms with van der Waals surface area (Å²) in [6, 6.07) is 0. The number of aromatic nitrogens is 4. The molecule has 0 N–H and O–H groups in total. The van der Waals surface area contributed by atoms with E-state index < -0.39 is 0 Å². The summed E-state index contributed by atoms with van der Waals surface area (Å²) in [5, 5.41) is 0. The van der Waals surface area contributed by atoms with Gasteiger partial charge in [-0.3, -0.25) is 0 Å². The van der Waals surface area contributed by atoms with Crippen LogP contribution in [0, 0.1) is 0 Å². The molecule has 1 fully saturated rings. The lowest BCUT2D eigenvalue weighted by Gasteiger charge is -2.06. The zero-order chi connectivity index (χ0) is 10.3. The van der Waals surface area contributed by atoms with Gasteiger partial charge in [-0.2, -0.15) is 0 Å². The molecule has 15 heavy (non-hydrogen) atoms. The normalized spacial score (nSPS) is 16.1.